The lowest BCUT2D eigenvalue weighted by Gasteiger charge is -2.14. The molecule has 10 nitrogen and oxygen atoms in total. The second-order valence-corrected chi connectivity index (χ2v) is 8.50. The molecule has 10 heteroatoms. The average Bonchev–Trinajstić information content (AvgIpc) is 3.56. The van der Waals surface area contributed by atoms with Crippen LogP contribution >= 0.6 is 0 Å². The first-order valence-corrected chi connectivity index (χ1v) is 11.5. The Morgan fingerprint density at radius 3 is 2.54 bits per heavy atom. The van der Waals surface area contributed by atoms with Crippen LogP contribution in [0.15, 0.2) is 68.7 Å². The summed E-state index contributed by atoms with van der Waals surface area (Å²) in [5, 5.41) is 8.08. The lowest BCUT2D eigenvalue weighted by Crippen LogP contribution is -2.41. The Bertz CT molecular complexity index is 1490. The number of aromatic nitrogens is 5. The summed E-state index contributed by atoms with van der Waals surface area (Å²) in [5.41, 5.74) is 1.30. The van der Waals surface area contributed by atoms with E-state index < -0.39 is 17.2 Å². The van der Waals surface area contributed by atoms with Crippen molar-refractivity contribution in [2.45, 2.75) is 32.7 Å². The largest absolute Gasteiger partial charge is 0.352 e. The Morgan fingerprint density at radius 2 is 1.83 bits per heavy atom. The van der Waals surface area contributed by atoms with Gasteiger partial charge in [-0.05, 0) is 38.0 Å². The molecule has 0 bridgehead atoms. The van der Waals surface area contributed by atoms with E-state index >= 15 is 0 Å². The lowest BCUT2D eigenvalue weighted by atomic mass is 9.99. The minimum atomic E-state index is -0.647. The van der Waals surface area contributed by atoms with Gasteiger partial charge in [-0.3, -0.25) is 14.2 Å². The van der Waals surface area contributed by atoms with Crippen molar-refractivity contribution in [1.82, 2.24) is 29.4 Å². The summed E-state index contributed by atoms with van der Waals surface area (Å²) in [4.78, 5) is 44.7. The first kappa shape index (κ1) is 22.5. The van der Waals surface area contributed by atoms with Crippen LogP contribution in [0.2, 0.25) is 0 Å². The second-order valence-electron chi connectivity index (χ2n) is 8.50. The van der Waals surface area contributed by atoms with Gasteiger partial charge in [-0.15, -0.1) is 0 Å². The normalized spacial score (nSPS) is 15.5. The number of hydrogen-bond acceptors (Lipinski definition) is 7. The van der Waals surface area contributed by atoms with Crippen LogP contribution in [0.1, 0.15) is 41.1 Å². The quantitative estimate of drug-likeness (QED) is 0.438. The molecule has 1 atom stereocenters. The Hall–Kier alpha value is -4.34. The molecule has 3 heterocycles. The number of rotatable bonds is 5. The SMILES string of the molecule is CCn1c(=O)c(-c2noc(C(=O)N3CC[C@H](c4ccccc4)C3)n2)nn(-c2ccc(C)cc2)c1=O. The molecule has 1 fully saturated rings. The predicted octanol–water partition coefficient (Wildman–Crippen LogP) is 2.40. The van der Waals surface area contributed by atoms with E-state index in [1.165, 1.54) is 5.56 Å². The highest BCUT2D eigenvalue weighted by Gasteiger charge is 2.31. The summed E-state index contributed by atoms with van der Waals surface area (Å²) in [6.07, 6.45) is 0.834. The van der Waals surface area contributed by atoms with Crippen LogP contribution in [-0.2, 0) is 6.54 Å². The monoisotopic (exact) mass is 472 g/mol. The molecule has 5 rings (SSSR count). The fourth-order valence-corrected chi connectivity index (χ4v) is 4.27. The van der Waals surface area contributed by atoms with Crippen molar-refractivity contribution in [3.63, 3.8) is 0 Å². The molecule has 0 spiro atoms. The molecular weight excluding hydrogens is 448 g/mol. The van der Waals surface area contributed by atoms with Gasteiger partial charge in [0.2, 0.25) is 5.82 Å². The van der Waals surface area contributed by atoms with Gasteiger partial charge in [0.25, 0.3) is 5.56 Å². The molecule has 2 aromatic heterocycles. The molecule has 2 aromatic carbocycles. The molecule has 0 radical (unpaired) electrons. The van der Waals surface area contributed by atoms with Crippen molar-refractivity contribution in [3.8, 4) is 17.2 Å². The second kappa shape index (κ2) is 9.13. The highest BCUT2D eigenvalue weighted by Crippen LogP contribution is 2.28. The molecule has 0 aliphatic carbocycles. The topological polar surface area (TPSA) is 116 Å². The maximum atomic E-state index is 13.0. The smallest absolute Gasteiger partial charge is 0.334 e. The van der Waals surface area contributed by atoms with Gasteiger partial charge in [-0.1, -0.05) is 53.2 Å². The van der Waals surface area contributed by atoms with E-state index in [2.05, 4.69) is 27.4 Å². The van der Waals surface area contributed by atoms with E-state index in [4.69, 9.17) is 4.52 Å². The summed E-state index contributed by atoms with van der Waals surface area (Å²) in [5.74, 6) is -0.518. The Labute approximate surface area is 200 Å². The summed E-state index contributed by atoms with van der Waals surface area (Å²) in [6.45, 7) is 4.86. The molecule has 1 saturated heterocycles. The number of amides is 1. The Morgan fingerprint density at radius 1 is 1.09 bits per heavy atom. The molecule has 4 aromatic rings. The summed E-state index contributed by atoms with van der Waals surface area (Å²) >= 11 is 0. The van der Waals surface area contributed by atoms with E-state index in [-0.39, 0.29) is 29.9 Å². The Balaban J connectivity index is 1.46. The van der Waals surface area contributed by atoms with E-state index in [1.807, 2.05) is 37.3 Å². The number of aryl methyl sites for hydroxylation is 1. The molecule has 35 heavy (non-hydrogen) atoms. The van der Waals surface area contributed by atoms with Gasteiger partial charge in [0, 0.05) is 25.6 Å². The third-order valence-corrected chi connectivity index (χ3v) is 6.22. The van der Waals surface area contributed by atoms with E-state index in [9.17, 15) is 14.4 Å². The van der Waals surface area contributed by atoms with Gasteiger partial charge < -0.3 is 9.42 Å². The van der Waals surface area contributed by atoms with Crippen molar-refractivity contribution < 1.29 is 9.32 Å². The third kappa shape index (κ3) is 4.18. The number of nitrogens with zero attached hydrogens (tertiary/aromatic N) is 6. The number of benzene rings is 2. The maximum absolute atomic E-state index is 13.0. The van der Waals surface area contributed by atoms with Crippen LogP contribution in [0.5, 0.6) is 0 Å². The summed E-state index contributed by atoms with van der Waals surface area (Å²) < 4.78 is 7.40. The van der Waals surface area contributed by atoms with Crippen molar-refractivity contribution in [2.75, 3.05) is 13.1 Å². The van der Waals surface area contributed by atoms with Gasteiger partial charge in [0.1, 0.15) is 0 Å². The Kier molecular flexibility index (Phi) is 5.86. The van der Waals surface area contributed by atoms with Crippen LogP contribution in [0, 0.1) is 6.92 Å². The minimum Gasteiger partial charge on any atom is -0.334 e. The van der Waals surface area contributed by atoms with Crippen LogP contribution in [0.3, 0.4) is 0 Å². The highest BCUT2D eigenvalue weighted by molar-refractivity contribution is 5.90. The van der Waals surface area contributed by atoms with Crippen LogP contribution in [0.4, 0.5) is 0 Å². The molecule has 0 unspecified atom stereocenters. The van der Waals surface area contributed by atoms with Crippen molar-refractivity contribution >= 4 is 5.91 Å². The molecule has 178 valence electrons. The fourth-order valence-electron chi connectivity index (χ4n) is 4.27. The van der Waals surface area contributed by atoms with Gasteiger partial charge in [0.05, 0.1) is 5.69 Å². The molecule has 1 amide bonds. The van der Waals surface area contributed by atoms with Gasteiger partial charge in [-0.2, -0.15) is 14.8 Å². The molecule has 0 N–H and O–H groups in total. The predicted molar refractivity (Wildman–Crippen MR) is 128 cm³/mol. The molecular formula is C25H24N6O4. The number of carbonyl (C=O) groups excluding carboxylic acids is 1. The summed E-state index contributed by atoms with van der Waals surface area (Å²) in [7, 11) is 0. The van der Waals surface area contributed by atoms with Crippen LogP contribution < -0.4 is 11.2 Å². The first-order chi connectivity index (χ1) is 17.0. The van der Waals surface area contributed by atoms with Gasteiger partial charge in [-0.25, -0.2) is 4.79 Å². The molecule has 1 aliphatic heterocycles. The van der Waals surface area contributed by atoms with Crippen molar-refractivity contribution in [1.29, 1.82) is 0 Å². The zero-order valence-electron chi connectivity index (χ0n) is 19.4. The zero-order chi connectivity index (χ0) is 24.5. The van der Waals surface area contributed by atoms with Crippen LogP contribution in [0.25, 0.3) is 17.2 Å². The van der Waals surface area contributed by atoms with Crippen LogP contribution in [-0.4, -0.2) is 48.4 Å². The standard InChI is InChI=1S/C25H24N6O4/c1-3-30-23(32)20(27-31(25(30)34)19-11-9-16(2)10-12-19)21-26-22(35-28-21)24(33)29-14-13-18(15-29)17-7-5-4-6-8-17/h4-12,18H,3,13-15H2,1-2H3/t18-/m0/s1. The number of carbonyl (C=O) groups is 1. The van der Waals surface area contributed by atoms with E-state index in [1.54, 1.807) is 24.0 Å². The molecule has 0 saturated carbocycles. The van der Waals surface area contributed by atoms with Crippen molar-refractivity contribution in [2.24, 2.45) is 0 Å². The average molecular weight is 473 g/mol. The maximum Gasteiger partial charge on any atom is 0.352 e. The van der Waals surface area contributed by atoms with E-state index in [0.717, 1.165) is 21.2 Å². The number of hydrogen-bond donors (Lipinski definition) is 0. The minimum absolute atomic E-state index is 0.136. The van der Waals surface area contributed by atoms with Crippen molar-refractivity contribution in [3.05, 3.63) is 92.5 Å². The lowest BCUT2D eigenvalue weighted by molar-refractivity contribution is 0.0741. The van der Waals surface area contributed by atoms with Gasteiger partial charge in [0.15, 0.2) is 5.69 Å². The third-order valence-electron chi connectivity index (χ3n) is 6.22. The fraction of sp³-hybridized carbons (Fsp3) is 0.280. The van der Waals surface area contributed by atoms with Gasteiger partial charge >= 0.3 is 17.5 Å². The summed E-state index contributed by atoms with van der Waals surface area (Å²) in [6, 6.07) is 17.2. The highest BCUT2D eigenvalue weighted by atomic mass is 16.5. The van der Waals surface area contributed by atoms with E-state index in [0.29, 0.717) is 18.8 Å². The molecule has 1 aliphatic rings. The number of likely N-dealkylation sites (tertiary alicyclic amines) is 1. The zero-order valence-corrected chi connectivity index (χ0v) is 19.4. The first-order valence-electron chi connectivity index (χ1n) is 11.5.